The van der Waals surface area contributed by atoms with Gasteiger partial charge in [-0.1, -0.05) is 0 Å². The molecule has 0 spiro atoms. The van der Waals surface area contributed by atoms with Crippen LogP contribution in [0.25, 0.3) is 0 Å². The topological polar surface area (TPSA) is 29.9 Å². The van der Waals surface area contributed by atoms with E-state index in [4.69, 9.17) is 0 Å². The number of nitrogens with zero attached hydrogens (tertiary/aromatic N) is 2. The second-order valence-corrected chi connectivity index (χ2v) is 4.77. The van der Waals surface area contributed by atoms with Crippen molar-refractivity contribution in [3.05, 3.63) is 18.0 Å². The van der Waals surface area contributed by atoms with E-state index in [0.717, 1.165) is 0 Å². The zero-order valence-corrected chi connectivity index (χ0v) is 8.84. The molecule has 0 radical (unpaired) electrons. The number of thioether (sulfide) groups is 1. The van der Waals surface area contributed by atoms with Crippen LogP contribution in [0.1, 0.15) is 24.3 Å². The molecule has 1 aliphatic rings. The first-order valence-electron chi connectivity index (χ1n) is 4.62. The third-order valence-corrected chi connectivity index (χ3v) is 3.51. The summed E-state index contributed by atoms with van der Waals surface area (Å²) in [6.07, 6.45) is 5.30. The summed E-state index contributed by atoms with van der Waals surface area (Å²) in [6, 6.07) is 0.631. The molecule has 0 bridgehead atoms. The predicted octanol–water partition coefficient (Wildman–Crippen LogP) is 1.53. The van der Waals surface area contributed by atoms with Gasteiger partial charge in [-0.3, -0.25) is 10.00 Å². The summed E-state index contributed by atoms with van der Waals surface area (Å²) in [7, 11) is 1.96. The van der Waals surface area contributed by atoms with Gasteiger partial charge >= 0.3 is 0 Å². The van der Waals surface area contributed by atoms with Crippen molar-refractivity contribution in [2.45, 2.75) is 24.8 Å². The quantitative estimate of drug-likeness (QED) is 0.740. The molecule has 72 valence electrons. The van der Waals surface area contributed by atoms with Crippen LogP contribution in [0.2, 0.25) is 0 Å². The van der Waals surface area contributed by atoms with E-state index in [1.54, 1.807) is 0 Å². The Balaban J connectivity index is 2.08. The summed E-state index contributed by atoms with van der Waals surface area (Å²) in [6.45, 7) is 2.24. The second-order valence-electron chi connectivity index (χ2n) is 3.55. The fourth-order valence-electron chi connectivity index (χ4n) is 1.52. The molecule has 2 heterocycles. The molecule has 2 atom stereocenters. The van der Waals surface area contributed by atoms with Gasteiger partial charge in [0.15, 0.2) is 0 Å². The third kappa shape index (κ3) is 2.06. The largest absolute Gasteiger partial charge is 0.299 e. The summed E-state index contributed by atoms with van der Waals surface area (Å²) < 4.78 is 1.86. The zero-order chi connectivity index (χ0) is 9.26. The minimum Gasteiger partial charge on any atom is -0.299 e. The lowest BCUT2D eigenvalue weighted by Crippen LogP contribution is -2.33. The third-order valence-electron chi connectivity index (χ3n) is 2.30. The molecule has 1 saturated heterocycles. The number of nitrogens with one attached hydrogen (secondary N) is 1. The Morgan fingerprint density at radius 3 is 3.15 bits per heavy atom. The fraction of sp³-hybridized carbons (Fsp3) is 0.667. The average molecular weight is 197 g/mol. The molecular formula is C9H15N3S. The van der Waals surface area contributed by atoms with Crippen LogP contribution >= 0.6 is 11.8 Å². The second kappa shape index (κ2) is 3.72. The van der Waals surface area contributed by atoms with Crippen LogP contribution in [0.15, 0.2) is 12.4 Å². The van der Waals surface area contributed by atoms with Crippen molar-refractivity contribution in [2.75, 3.05) is 5.75 Å². The molecule has 1 aromatic heterocycles. The monoisotopic (exact) mass is 197 g/mol. The first-order valence-corrected chi connectivity index (χ1v) is 5.67. The van der Waals surface area contributed by atoms with Gasteiger partial charge in [0, 0.05) is 24.8 Å². The van der Waals surface area contributed by atoms with Gasteiger partial charge in [0.05, 0.1) is 11.6 Å². The van der Waals surface area contributed by atoms with Gasteiger partial charge in [-0.25, -0.2) is 0 Å². The van der Waals surface area contributed by atoms with E-state index in [2.05, 4.69) is 23.5 Å². The Morgan fingerprint density at radius 2 is 2.54 bits per heavy atom. The molecule has 0 amide bonds. The van der Waals surface area contributed by atoms with E-state index in [1.807, 2.05) is 29.7 Å². The minimum absolute atomic E-state index is 0.442. The van der Waals surface area contributed by atoms with Crippen molar-refractivity contribution in [3.63, 3.8) is 0 Å². The maximum absolute atomic E-state index is 4.18. The number of hydrogen-bond donors (Lipinski definition) is 1. The van der Waals surface area contributed by atoms with Gasteiger partial charge in [0.25, 0.3) is 0 Å². The highest BCUT2D eigenvalue weighted by Crippen LogP contribution is 2.30. The molecule has 1 fully saturated rings. The van der Waals surface area contributed by atoms with Crippen molar-refractivity contribution in [2.24, 2.45) is 7.05 Å². The highest BCUT2D eigenvalue weighted by molar-refractivity contribution is 7.99. The highest BCUT2D eigenvalue weighted by Gasteiger charge is 2.20. The average Bonchev–Trinajstić information content (AvgIpc) is 2.52. The molecule has 0 aliphatic carbocycles. The summed E-state index contributed by atoms with van der Waals surface area (Å²) in [4.78, 5) is 0. The summed E-state index contributed by atoms with van der Waals surface area (Å²) in [5.74, 6) is 1.24. The molecule has 1 aliphatic heterocycles. The maximum Gasteiger partial charge on any atom is 0.0822 e. The van der Waals surface area contributed by atoms with Crippen LogP contribution in [0.4, 0.5) is 0 Å². The van der Waals surface area contributed by atoms with Gasteiger partial charge in [0.2, 0.25) is 0 Å². The summed E-state index contributed by atoms with van der Waals surface area (Å²) >= 11 is 1.97. The first kappa shape index (κ1) is 9.09. The molecule has 1 aromatic rings. The Bertz CT molecular complexity index is 284. The van der Waals surface area contributed by atoms with Crippen LogP contribution in [0, 0.1) is 0 Å². The molecule has 1 N–H and O–H groups in total. The SMILES string of the molecule is CC1CCSC(c2cnn(C)c2)N1. The lowest BCUT2D eigenvalue weighted by Gasteiger charge is -2.27. The Labute approximate surface area is 82.9 Å². The van der Waals surface area contributed by atoms with Gasteiger partial charge in [-0.2, -0.15) is 5.10 Å². The zero-order valence-electron chi connectivity index (χ0n) is 8.03. The van der Waals surface area contributed by atoms with Crippen molar-refractivity contribution in [1.29, 1.82) is 0 Å². The minimum atomic E-state index is 0.442. The van der Waals surface area contributed by atoms with E-state index in [9.17, 15) is 0 Å². The number of aromatic nitrogens is 2. The molecule has 0 saturated carbocycles. The van der Waals surface area contributed by atoms with Crippen LogP contribution in [-0.4, -0.2) is 21.6 Å². The van der Waals surface area contributed by atoms with Crippen LogP contribution < -0.4 is 5.32 Å². The Hall–Kier alpha value is -0.480. The molecular weight excluding hydrogens is 182 g/mol. The van der Waals surface area contributed by atoms with Crippen LogP contribution in [-0.2, 0) is 7.05 Å². The number of aryl methyl sites for hydroxylation is 1. The number of rotatable bonds is 1. The van der Waals surface area contributed by atoms with Gasteiger partial charge in [-0.05, 0) is 19.1 Å². The molecule has 4 heteroatoms. The molecule has 0 aromatic carbocycles. The Morgan fingerprint density at radius 1 is 1.69 bits per heavy atom. The van der Waals surface area contributed by atoms with E-state index in [-0.39, 0.29) is 0 Å². The maximum atomic E-state index is 4.18. The fourth-order valence-corrected chi connectivity index (χ4v) is 2.89. The van der Waals surface area contributed by atoms with E-state index >= 15 is 0 Å². The van der Waals surface area contributed by atoms with Gasteiger partial charge < -0.3 is 0 Å². The van der Waals surface area contributed by atoms with Crippen molar-refractivity contribution in [3.8, 4) is 0 Å². The lowest BCUT2D eigenvalue weighted by molar-refractivity contribution is 0.512. The van der Waals surface area contributed by atoms with Crippen molar-refractivity contribution >= 4 is 11.8 Å². The van der Waals surface area contributed by atoms with Gasteiger partial charge in [0.1, 0.15) is 0 Å². The number of hydrogen-bond acceptors (Lipinski definition) is 3. The molecule has 13 heavy (non-hydrogen) atoms. The smallest absolute Gasteiger partial charge is 0.0822 e. The molecule has 3 nitrogen and oxygen atoms in total. The normalized spacial score (nSPS) is 29.1. The molecule has 2 rings (SSSR count). The summed E-state index contributed by atoms with van der Waals surface area (Å²) in [5.41, 5.74) is 1.29. The standard InChI is InChI=1S/C9H15N3S/c1-7-3-4-13-9(11-7)8-5-10-12(2)6-8/h5-7,9,11H,3-4H2,1-2H3. The highest BCUT2D eigenvalue weighted by atomic mass is 32.2. The van der Waals surface area contributed by atoms with Crippen LogP contribution in [0.3, 0.4) is 0 Å². The van der Waals surface area contributed by atoms with Crippen molar-refractivity contribution < 1.29 is 0 Å². The Kier molecular flexibility index (Phi) is 2.60. The summed E-state index contributed by atoms with van der Waals surface area (Å²) in [5, 5.41) is 8.18. The lowest BCUT2D eigenvalue weighted by atomic mass is 10.2. The van der Waals surface area contributed by atoms with E-state index < -0.39 is 0 Å². The predicted molar refractivity (Wildman–Crippen MR) is 55.6 cm³/mol. The van der Waals surface area contributed by atoms with E-state index in [1.165, 1.54) is 17.7 Å². The van der Waals surface area contributed by atoms with E-state index in [0.29, 0.717) is 11.4 Å². The molecule has 2 unspecified atom stereocenters. The first-order chi connectivity index (χ1) is 6.25. The van der Waals surface area contributed by atoms with Crippen LogP contribution in [0.5, 0.6) is 0 Å². The van der Waals surface area contributed by atoms with Crippen molar-refractivity contribution in [1.82, 2.24) is 15.1 Å². The van der Waals surface area contributed by atoms with Gasteiger partial charge in [-0.15, -0.1) is 11.8 Å².